The number of aromatic nitrogens is 1. The quantitative estimate of drug-likeness (QED) is 0.900. The van der Waals surface area contributed by atoms with Crippen LogP contribution in [0.2, 0.25) is 0 Å². The Bertz CT molecular complexity index is 618. The van der Waals surface area contributed by atoms with E-state index in [1.807, 2.05) is 11.9 Å². The van der Waals surface area contributed by atoms with E-state index in [1.165, 1.54) is 17.7 Å². The molecule has 1 saturated carbocycles. The maximum atomic E-state index is 12.8. The van der Waals surface area contributed by atoms with Crippen LogP contribution in [0.5, 0.6) is 0 Å². The van der Waals surface area contributed by atoms with Gasteiger partial charge in [0.05, 0.1) is 5.69 Å². The zero-order valence-corrected chi connectivity index (χ0v) is 14.3. The highest BCUT2D eigenvalue weighted by molar-refractivity contribution is 7.13. The molecule has 0 radical (unpaired) electrons. The van der Waals surface area contributed by atoms with Gasteiger partial charge in [0.1, 0.15) is 0 Å². The van der Waals surface area contributed by atoms with Gasteiger partial charge in [0.15, 0.2) is 5.01 Å². The lowest BCUT2D eigenvalue weighted by Gasteiger charge is -2.24. The summed E-state index contributed by atoms with van der Waals surface area (Å²) < 4.78 is 0. The Morgan fingerprint density at radius 1 is 1.26 bits per heavy atom. The number of thiazole rings is 1. The third-order valence-corrected chi connectivity index (χ3v) is 6.87. The molecule has 3 aliphatic rings. The van der Waals surface area contributed by atoms with E-state index in [1.54, 1.807) is 11.3 Å². The van der Waals surface area contributed by atoms with Gasteiger partial charge in [-0.1, -0.05) is 0 Å². The molecule has 2 amide bonds. The van der Waals surface area contributed by atoms with Crippen molar-refractivity contribution in [2.24, 2.45) is 11.8 Å². The zero-order valence-electron chi connectivity index (χ0n) is 13.5. The van der Waals surface area contributed by atoms with Gasteiger partial charge in [-0.25, -0.2) is 4.98 Å². The highest BCUT2D eigenvalue weighted by Crippen LogP contribution is 2.38. The fourth-order valence-electron chi connectivity index (χ4n) is 4.31. The predicted octanol–water partition coefficient (Wildman–Crippen LogP) is 2.01. The maximum absolute atomic E-state index is 12.8. The largest absolute Gasteiger partial charge is 0.356 e. The number of fused-ring (bicyclic) bond motifs is 2. The molecule has 0 bridgehead atoms. The SMILES string of the molecule is CN(C(=O)c1nc2c(s1)CCCC2)[C@H]1C[C@H]2CC(=O)NC[C@H]2C1. The minimum Gasteiger partial charge on any atom is -0.356 e. The van der Waals surface area contributed by atoms with Gasteiger partial charge >= 0.3 is 0 Å². The van der Waals surface area contributed by atoms with E-state index in [4.69, 9.17) is 0 Å². The Balaban J connectivity index is 1.46. The number of nitrogens with zero attached hydrogens (tertiary/aromatic N) is 2. The third kappa shape index (κ3) is 2.77. The summed E-state index contributed by atoms with van der Waals surface area (Å²) >= 11 is 1.59. The molecule has 23 heavy (non-hydrogen) atoms. The number of carbonyl (C=O) groups is 2. The minimum absolute atomic E-state index is 0.0623. The molecule has 2 fully saturated rings. The summed E-state index contributed by atoms with van der Waals surface area (Å²) in [5.74, 6) is 1.19. The van der Waals surface area contributed by atoms with Crippen molar-refractivity contribution in [2.75, 3.05) is 13.6 Å². The van der Waals surface area contributed by atoms with E-state index in [9.17, 15) is 9.59 Å². The molecule has 5 nitrogen and oxygen atoms in total. The standard InChI is InChI=1S/C17H23N3O2S/c1-20(12-6-10-8-15(21)18-9-11(10)7-12)17(22)16-19-13-4-2-3-5-14(13)23-16/h10-12H,2-9H2,1H3,(H,18,21)/t10-,11+,12-/m0/s1. The molecule has 1 aromatic rings. The lowest BCUT2D eigenvalue weighted by molar-refractivity contribution is -0.124. The van der Waals surface area contributed by atoms with Gasteiger partial charge < -0.3 is 10.2 Å². The van der Waals surface area contributed by atoms with Crippen LogP contribution in [0.1, 0.15) is 52.5 Å². The molecular weight excluding hydrogens is 310 g/mol. The Kier molecular flexibility index (Phi) is 3.87. The van der Waals surface area contributed by atoms with E-state index >= 15 is 0 Å². The summed E-state index contributed by atoms with van der Waals surface area (Å²) in [5, 5.41) is 3.61. The first kappa shape index (κ1) is 15.1. The Hall–Kier alpha value is -1.43. The monoisotopic (exact) mass is 333 g/mol. The van der Waals surface area contributed by atoms with Crippen LogP contribution in [-0.2, 0) is 17.6 Å². The maximum Gasteiger partial charge on any atom is 0.282 e. The van der Waals surface area contributed by atoms with Crippen molar-refractivity contribution in [3.05, 3.63) is 15.6 Å². The number of amides is 2. The second-order valence-corrected chi connectivity index (χ2v) is 8.25. The molecule has 1 aromatic heterocycles. The van der Waals surface area contributed by atoms with Crippen molar-refractivity contribution in [2.45, 2.75) is 51.0 Å². The van der Waals surface area contributed by atoms with Gasteiger partial charge in [0.2, 0.25) is 5.91 Å². The fraction of sp³-hybridized carbons (Fsp3) is 0.706. The number of nitrogens with one attached hydrogen (secondary N) is 1. The van der Waals surface area contributed by atoms with E-state index in [0.29, 0.717) is 23.3 Å². The lowest BCUT2D eigenvalue weighted by atomic mass is 9.89. The molecule has 2 aliphatic carbocycles. The summed E-state index contributed by atoms with van der Waals surface area (Å²) in [5.41, 5.74) is 1.15. The van der Waals surface area contributed by atoms with Gasteiger partial charge in [0.25, 0.3) is 5.91 Å². The topological polar surface area (TPSA) is 62.3 Å². The van der Waals surface area contributed by atoms with Crippen LogP contribution in [0.15, 0.2) is 0 Å². The molecule has 0 aromatic carbocycles. The Morgan fingerprint density at radius 3 is 2.87 bits per heavy atom. The first-order chi connectivity index (χ1) is 11.1. The summed E-state index contributed by atoms with van der Waals surface area (Å²) in [6.07, 6.45) is 7.06. The van der Waals surface area contributed by atoms with E-state index in [0.717, 1.165) is 37.9 Å². The number of carbonyl (C=O) groups excluding carboxylic acids is 2. The van der Waals surface area contributed by atoms with Gasteiger partial charge in [-0.2, -0.15) is 0 Å². The molecule has 0 spiro atoms. The van der Waals surface area contributed by atoms with Crippen LogP contribution in [0.4, 0.5) is 0 Å². The second-order valence-electron chi connectivity index (χ2n) is 7.17. The number of piperidine rings is 1. The molecule has 2 heterocycles. The molecule has 1 saturated heterocycles. The van der Waals surface area contributed by atoms with Crippen molar-refractivity contribution >= 4 is 23.2 Å². The number of hydrogen-bond acceptors (Lipinski definition) is 4. The summed E-state index contributed by atoms with van der Waals surface area (Å²) in [4.78, 5) is 32.2. The zero-order chi connectivity index (χ0) is 16.0. The molecule has 6 heteroatoms. The predicted molar refractivity (Wildman–Crippen MR) is 88.5 cm³/mol. The molecule has 0 unspecified atom stereocenters. The lowest BCUT2D eigenvalue weighted by Crippen LogP contribution is -2.38. The molecular formula is C17H23N3O2S. The molecule has 4 rings (SSSR count). The average molecular weight is 333 g/mol. The normalized spacial score (nSPS) is 29.6. The van der Waals surface area contributed by atoms with E-state index < -0.39 is 0 Å². The minimum atomic E-state index is 0.0623. The van der Waals surface area contributed by atoms with E-state index in [2.05, 4.69) is 10.3 Å². The van der Waals surface area contributed by atoms with Crippen LogP contribution >= 0.6 is 11.3 Å². The first-order valence-corrected chi connectivity index (χ1v) is 9.46. The number of aryl methyl sites for hydroxylation is 2. The van der Waals surface area contributed by atoms with Crippen LogP contribution < -0.4 is 5.32 Å². The van der Waals surface area contributed by atoms with Crippen molar-refractivity contribution < 1.29 is 9.59 Å². The molecule has 124 valence electrons. The summed E-state index contributed by atoms with van der Waals surface area (Å²) in [6.45, 7) is 0.771. The fourth-order valence-corrected chi connectivity index (χ4v) is 5.44. The van der Waals surface area contributed by atoms with Crippen LogP contribution in [0.25, 0.3) is 0 Å². The van der Waals surface area contributed by atoms with Crippen molar-refractivity contribution in [3.8, 4) is 0 Å². The highest BCUT2D eigenvalue weighted by Gasteiger charge is 2.41. The van der Waals surface area contributed by atoms with E-state index in [-0.39, 0.29) is 17.9 Å². The molecule has 3 atom stereocenters. The number of hydrogen-bond donors (Lipinski definition) is 1. The average Bonchev–Trinajstić information content (AvgIpc) is 3.16. The second kappa shape index (κ2) is 5.89. The van der Waals surface area contributed by atoms with Crippen molar-refractivity contribution in [3.63, 3.8) is 0 Å². The highest BCUT2D eigenvalue weighted by atomic mass is 32.1. The number of rotatable bonds is 2. The van der Waals surface area contributed by atoms with Gasteiger partial charge in [-0.05, 0) is 50.4 Å². The Morgan fingerprint density at radius 2 is 2.04 bits per heavy atom. The van der Waals surface area contributed by atoms with Crippen molar-refractivity contribution in [1.29, 1.82) is 0 Å². The Labute approximate surface area is 140 Å². The van der Waals surface area contributed by atoms with Gasteiger partial charge in [0, 0.05) is 30.9 Å². The smallest absolute Gasteiger partial charge is 0.282 e. The third-order valence-electron chi connectivity index (χ3n) is 5.72. The van der Waals surface area contributed by atoms with Crippen LogP contribution in [-0.4, -0.2) is 41.3 Å². The first-order valence-electron chi connectivity index (χ1n) is 8.64. The molecule has 1 aliphatic heterocycles. The summed E-state index contributed by atoms with van der Waals surface area (Å²) in [7, 11) is 1.90. The van der Waals surface area contributed by atoms with Crippen LogP contribution in [0.3, 0.4) is 0 Å². The molecule has 1 N–H and O–H groups in total. The summed E-state index contributed by atoms with van der Waals surface area (Å²) in [6, 6.07) is 0.242. The van der Waals surface area contributed by atoms with Gasteiger partial charge in [-0.3, -0.25) is 9.59 Å². The van der Waals surface area contributed by atoms with Gasteiger partial charge in [-0.15, -0.1) is 11.3 Å². The van der Waals surface area contributed by atoms with Crippen molar-refractivity contribution in [1.82, 2.24) is 15.2 Å². The van der Waals surface area contributed by atoms with Crippen LogP contribution in [0, 0.1) is 11.8 Å².